The lowest BCUT2D eigenvalue weighted by atomic mass is 10.1. The number of hydrogen-bond donors (Lipinski definition) is 1. The largest absolute Gasteiger partial charge is 0.340 e. The normalized spacial score (nSPS) is 12.3. The average molecular weight is 242 g/mol. The minimum atomic E-state index is -0.658. The van der Waals surface area contributed by atoms with E-state index in [1.54, 1.807) is 14.0 Å². The minimum absolute atomic E-state index is 0.0820. The summed E-state index contributed by atoms with van der Waals surface area (Å²) in [6.07, 6.45) is 0.523. The first kappa shape index (κ1) is 13.6. The fraction of sp³-hybridized carbons (Fsp3) is 0.417. The Morgan fingerprint density at radius 3 is 2.65 bits per heavy atom. The summed E-state index contributed by atoms with van der Waals surface area (Å²) in [5.74, 6) is -1.54. The average Bonchev–Trinajstić information content (AvgIpc) is 2.30. The molecule has 2 N–H and O–H groups in total. The van der Waals surface area contributed by atoms with E-state index in [4.69, 9.17) is 5.73 Å². The summed E-state index contributed by atoms with van der Waals surface area (Å²) >= 11 is 0. The predicted octanol–water partition coefficient (Wildman–Crippen LogP) is 1.66. The van der Waals surface area contributed by atoms with Crippen LogP contribution in [-0.4, -0.2) is 23.9 Å². The van der Waals surface area contributed by atoms with Gasteiger partial charge in [0.15, 0.2) is 0 Å². The summed E-state index contributed by atoms with van der Waals surface area (Å²) in [5.41, 5.74) is 5.86. The molecule has 0 unspecified atom stereocenters. The molecular formula is C12H16F2N2O. The minimum Gasteiger partial charge on any atom is -0.340 e. The molecule has 0 heterocycles. The van der Waals surface area contributed by atoms with Crippen molar-refractivity contribution in [3.8, 4) is 0 Å². The molecule has 5 heteroatoms. The van der Waals surface area contributed by atoms with Crippen molar-refractivity contribution in [1.29, 1.82) is 0 Å². The first-order valence-electron chi connectivity index (χ1n) is 5.40. The quantitative estimate of drug-likeness (QED) is 0.872. The predicted molar refractivity (Wildman–Crippen MR) is 61.1 cm³/mol. The van der Waals surface area contributed by atoms with Crippen molar-refractivity contribution in [2.45, 2.75) is 25.9 Å². The van der Waals surface area contributed by atoms with E-state index in [0.717, 1.165) is 12.1 Å². The van der Waals surface area contributed by atoms with Gasteiger partial charge < -0.3 is 10.6 Å². The molecule has 0 spiro atoms. The zero-order valence-corrected chi connectivity index (χ0v) is 9.91. The van der Waals surface area contributed by atoms with Gasteiger partial charge in [-0.25, -0.2) is 8.78 Å². The van der Waals surface area contributed by atoms with Crippen LogP contribution in [0.3, 0.4) is 0 Å². The van der Waals surface area contributed by atoms with Gasteiger partial charge in [-0.15, -0.1) is 0 Å². The van der Waals surface area contributed by atoms with Gasteiger partial charge in [0.1, 0.15) is 11.6 Å². The fourth-order valence-corrected chi connectivity index (χ4v) is 1.44. The Bertz CT molecular complexity index is 409. The number of benzene rings is 1. The van der Waals surface area contributed by atoms with Crippen LogP contribution in [0.1, 0.15) is 18.9 Å². The van der Waals surface area contributed by atoms with Crippen LogP contribution in [-0.2, 0) is 11.3 Å². The van der Waals surface area contributed by atoms with Gasteiger partial charge in [0.2, 0.25) is 5.91 Å². The number of likely N-dealkylation sites (N-methyl/N-ethyl adjacent to an activating group) is 1. The molecule has 0 aliphatic rings. The van der Waals surface area contributed by atoms with Crippen LogP contribution in [0.25, 0.3) is 0 Å². The lowest BCUT2D eigenvalue weighted by molar-refractivity contribution is -0.131. The topological polar surface area (TPSA) is 46.3 Å². The first-order chi connectivity index (χ1) is 7.95. The Kier molecular flexibility index (Phi) is 4.57. The van der Waals surface area contributed by atoms with Crippen LogP contribution >= 0.6 is 0 Å². The second-order valence-corrected chi connectivity index (χ2v) is 3.94. The summed E-state index contributed by atoms with van der Waals surface area (Å²) in [7, 11) is 1.54. The van der Waals surface area contributed by atoms with Gasteiger partial charge in [-0.2, -0.15) is 0 Å². The lowest BCUT2D eigenvalue weighted by Gasteiger charge is -2.20. The molecule has 0 aliphatic carbocycles. The number of amides is 1. The molecule has 0 bridgehead atoms. The van der Waals surface area contributed by atoms with E-state index in [2.05, 4.69) is 0 Å². The van der Waals surface area contributed by atoms with Crippen molar-refractivity contribution in [3.63, 3.8) is 0 Å². The fourth-order valence-electron chi connectivity index (χ4n) is 1.44. The molecule has 0 aromatic heterocycles. The van der Waals surface area contributed by atoms with Crippen LogP contribution in [0.5, 0.6) is 0 Å². The molecule has 1 aromatic carbocycles. The van der Waals surface area contributed by atoms with Crippen molar-refractivity contribution < 1.29 is 13.6 Å². The highest BCUT2D eigenvalue weighted by Crippen LogP contribution is 2.12. The highest BCUT2D eigenvalue weighted by molar-refractivity contribution is 5.81. The molecular weight excluding hydrogens is 226 g/mol. The van der Waals surface area contributed by atoms with Crippen molar-refractivity contribution in [3.05, 3.63) is 35.4 Å². The van der Waals surface area contributed by atoms with E-state index in [1.165, 1.54) is 11.0 Å². The van der Waals surface area contributed by atoms with E-state index < -0.39 is 17.7 Å². The second-order valence-electron chi connectivity index (χ2n) is 3.94. The maximum Gasteiger partial charge on any atom is 0.239 e. The summed E-state index contributed by atoms with van der Waals surface area (Å²) in [6, 6.07) is 2.71. The van der Waals surface area contributed by atoms with Gasteiger partial charge in [-0.1, -0.05) is 13.0 Å². The smallest absolute Gasteiger partial charge is 0.239 e. The van der Waals surface area contributed by atoms with Gasteiger partial charge in [0, 0.05) is 25.2 Å². The van der Waals surface area contributed by atoms with Crippen molar-refractivity contribution >= 4 is 5.91 Å². The molecule has 94 valence electrons. The number of rotatable bonds is 4. The van der Waals surface area contributed by atoms with Gasteiger partial charge in [-0.05, 0) is 12.5 Å². The Balaban J connectivity index is 2.74. The molecule has 0 saturated heterocycles. The Labute approximate surface area is 99.2 Å². The van der Waals surface area contributed by atoms with Crippen LogP contribution in [0.15, 0.2) is 18.2 Å². The van der Waals surface area contributed by atoms with E-state index in [-0.39, 0.29) is 18.0 Å². The molecule has 1 amide bonds. The highest BCUT2D eigenvalue weighted by atomic mass is 19.1. The van der Waals surface area contributed by atoms with E-state index >= 15 is 0 Å². The van der Waals surface area contributed by atoms with E-state index in [1.807, 2.05) is 0 Å². The number of nitrogens with two attached hydrogens (primary N) is 1. The number of nitrogens with zero attached hydrogens (tertiary/aromatic N) is 1. The van der Waals surface area contributed by atoms with E-state index in [9.17, 15) is 13.6 Å². The lowest BCUT2D eigenvalue weighted by Crippen LogP contribution is -2.41. The van der Waals surface area contributed by atoms with Gasteiger partial charge in [0.25, 0.3) is 0 Å². The number of hydrogen-bond acceptors (Lipinski definition) is 2. The summed E-state index contributed by atoms with van der Waals surface area (Å²) in [6.45, 7) is 1.88. The third-order valence-electron chi connectivity index (χ3n) is 2.56. The summed E-state index contributed by atoms with van der Waals surface area (Å²) in [5, 5.41) is 0. The Morgan fingerprint density at radius 2 is 2.12 bits per heavy atom. The van der Waals surface area contributed by atoms with Gasteiger partial charge in [-0.3, -0.25) is 4.79 Å². The Hall–Kier alpha value is -1.49. The third-order valence-corrected chi connectivity index (χ3v) is 2.56. The summed E-state index contributed by atoms with van der Waals surface area (Å²) < 4.78 is 26.0. The zero-order valence-electron chi connectivity index (χ0n) is 9.91. The standard InChI is InChI=1S/C12H16F2N2O/c1-3-11(15)12(17)16(2)7-8-4-5-9(13)6-10(8)14/h4-6,11H,3,7,15H2,1-2H3/t11-/m0/s1. The van der Waals surface area contributed by atoms with Crippen molar-refractivity contribution in [1.82, 2.24) is 4.90 Å². The van der Waals surface area contributed by atoms with E-state index in [0.29, 0.717) is 6.42 Å². The Morgan fingerprint density at radius 1 is 1.47 bits per heavy atom. The molecule has 0 saturated carbocycles. The number of halogens is 2. The second kappa shape index (κ2) is 5.72. The third kappa shape index (κ3) is 3.49. The monoisotopic (exact) mass is 242 g/mol. The molecule has 1 rings (SSSR count). The van der Waals surface area contributed by atoms with Crippen molar-refractivity contribution in [2.24, 2.45) is 5.73 Å². The SMILES string of the molecule is CC[C@H](N)C(=O)N(C)Cc1ccc(F)cc1F. The molecule has 0 fully saturated rings. The van der Waals surface area contributed by atoms with Gasteiger partial charge in [0.05, 0.1) is 6.04 Å². The number of carbonyl (C=O) groups is 1. The summed E-state index contributed by atoms with van der Waals surface area (Å²) in [4.78, 5) is 13.0. The molecule has 0 radical (unpaired) electrons. The molecule has 1 aromatic rings. The van der Waals surface area contributed by atoms with Crippen LogP contribution in [0, 0.1) is 11.6 Å². The number of carbonyl (C=O) groups excluding carboxylic acids is 1. The van der Waals surface area contributed by atoms with Crippen LogP contribution in [0.4, 0.5) is 8.78 Å². The molecule has 1 atom stereocenters. The molecule has 3 nitrogen and oxygen atoms in total. The maximum atomic E-state index is 13.3. The molecule has 0 aliphatic heterocycles. The maximum absolute atomic E-state index is 13.3. The van der Waals surface area contributed by atoms with Crippen LogP contribution < -0.4 is 5.73 Å². The van der Waals surface area contributed by atoms with Crippen LogP contribution in [0.2, 0.25) is 0 Å². The first-order valence-corrected chi connectivity index (χ1v) is 5.40. The molecule has 17 heavy (non-hydrogen) atoms. The highest BCUT2D eigenvalue weighted by Gasteiger charge is 2.17. The zero-order chi connectivity index (χ0) is 13.0. The van der Waals surface area contributed by atoms with Crippen molar-refractivity contribution in [2.75, 3.05) is 7.05 Å². The van der Waals surface area contributed by atoms with Gasteiger partial charge >= 0.3 is 0 Å².